The van der Waals surface area contributed by atoms with Crippen LogP contribution in [-0.4, -0.2) is 16.8 Å². The molecule has 1 aromatic heterocycles. The molecule has 1 fully saturated rings. The van der Waals surface area contributed by atoms with Crippen LogP contribution in [0.25, 0.3) is 0 Å². The highest BCUT2D eigenvalue weighted by Gasteiger charge is 2.37. The van der Waals surface area contributed by atoms with Gasteiger partial charge in [0.2, 0.25) is 11.8 Å². The summed E-state index contributed by atoms with van der Waals surface area (Å²) in [4.78, 5) is 16.5. The molecule has 6 heteroatoms. The lowest BCUT2D eigenvalue weighted by atomic mass is 9.86. The molecule has 21 heavy (non-hydrogen) atoms. The lowest BCUT2D eigenvalue weighted by Crippen LogP contribution is -2.35. The average Bonchev–Trinajstić information content (AvgIpc) is 2.84. The number of rotatable bonds is 3. The van der Waals surface area contributed by atoms with Crippen LogP contribution in [0.4, 0.5) is 8.78 Å². The van der Waals surface area contributed by atoms with Crippen LogP contribution in [0.1, 0.15) is 57.2 Å². The van der Waals surface area contributed by atoms with E-state index in [1.165, 1.54) is 11.3 Å². The third-order valence-corrected chi connectivity index (χ3v) is 4.67. The Labute approximate surface area is 128 Å². The Kier molecular flexibility index (Phi) is 4.66. The molecule has 0 atom stereocenters. The summed E-state index contributed by atoms with van der Waals surface area (Å²) in [6, 6.07) is 0. The van der Waals surface area contributed by atoms with Crippen LogP contribution in [0.5, 0.6) is 0 Å². The molecule has 0 saturated heterocycles. The summed E-state index contributed by atoms with van der Waals surface area (Å²) in [5.41, 5.74) is 1.00. The lowest BCUT2D eigenvalue weighted by molar-refractivity contribution is -0.129. The van der Waals surface area contributed by atoms with Gasteiger partial charge in [-0.25, -0.2) is 13.8 Å². The summed E-state index contributed by atoms with van der Waals surface area (Å²) in [7, 11) is 0. The van der Waals surface area contributed by atoms with Gasteiger partial charge in [-0.3, -0.25) is 4.79 Å². The van der Waals surface area contributed by atoms with E-state index in [0.717, 1.165) is 10.7 Å². The molecule has 0 aromatic carbocycles. The molecule has 1 amide bonds. The number of carbonyl (C=O) groups excluding carboxylic acids is 1. The van der Waals surface area contributed by atoms with Crippen LogP contribution in [0, 0.1) is 5.92 Å². The van der Waals surface area contributed by atoms with Crippen LogP contribution in [-0.2, 0) is 16.8 Å². The molecule has 3 nitrogen and oxygen atoms in total. The van der Waals surface area contributed by atoms with Gasteiger partial charge < -0.3 is 5.32 Å². The zero-order chi connectivity index (χ0) is 15.7. The molecule has 0 radical (unpaired) electrons. The normalized spacial score (nSPS) is 19.5. The molecule has 0 bridgehead atoms. The van der Waals surface area contributed by atoms with Crippen molar-refractivity contribution in [1.29, 1.82) is 0 Å². The molecule has 1 aliphatic rings. The van der Waals surface area contributed by atoms with Crippen molar-refractivity contribution in [2.75, 3.05) is 0 Å². The Morgan fingerprint density at radius 3 is 2.57 bits per heavy atom. The van der Waals surface area contributed by atoms with E-state index >= 15 is 0 Å². The van der Waals surface area contributed by atoms with Gasteiger partial charge in [-0.1, -0.05) is 20.8 Å². The molecule has 118 valence electrons. The van der Waals surface area contributed by atoms with E-state index in [2.05, 4.69) is 31.1 Å². The van der Waals surface area contributed by atoms with Gasteiger partial charge in [0.25, 0.3) is 0 Å². The predicted octanol–water partition coefficient (Wildman–Crippen LogP) is 3.88. The maximum absolute atomic E-state index is 13.1. The maximum atomic E-state index is 13.1. The molecular weight excluding hydrogens is 294 g/mol. The fourth-order valence-corrected chi connectivity index (χ4v) is 3.31. The number of halogens is 2. The molecule has 1 saturated carbocycles. The second-order valence-corrected chi connectivity index (χ2v) is 7.67. The number of hydrogen-bond donors (Lipinski definition) is 1. The van der Waals surface area contributed by atoms with Gasteiger partial charge in [-0.2, -0.15) is 0 Å². The van der Waals surface area contributed by atoms with Gasteiger partial charge in [-0.05, 0) is 12.8 Å². The minimum Gasteiger partial charge on any atom is -0.349 e. The van der Waals surface area contributed by atoms with Crippen molar-refractivity contribution in [2.24, 2.45) is 5.92 Å². The quantitative estimate of drug-likeness (QED) is 0.919. The summed E-state index contributed by atoms with van der Waals surface area (Å²) in [5, 5.41) is 5.68. The zero-order valence-corrected chi connectivity index (χ0v) is 13.5. The minimum atomic E-state index is -2.59. The van der Waals surface area contributed by atoms with Crippen LogP contribution >= 0.6 is 11.3 Å². The summed E-state index contributed by atoms with van der Waals surface area (Å²) in [5.74, 6) is -3.00. The second kappa shape index (κ2) is 5.99. The maximum Gasteiger partial charge on any atom is 0.248 e. The monoisotopic (exact) mass is 316 g/mol. The Morgan fingerprint density at radius 2 is 2.05 bits per heavy atom. The van der Waals surface area contributed by atoms with Gasteiger partial charge >= 0.3 is 0 Å². The van der Waals surface area contributed by atoms with E-state index in [0.29, 0.717) is 6.54 Å². The minimum absolute atomic E-state index is 0.00624. The van der Waals surface area contributed by atoms with E-state index in [1.807, 2.05) is 5.38 Å². The van der Waals surface area contributed by atoms with Crippen molar-refractivity contribution in [3.63, 3.8) is 0 Å². The van der Waals surface area contributed by atoms with Gasteiger partial charge in [0.1, 0.15) is 5.01 Å². The Bertz CT molecular complexity index is 498. The molecule has 1 aromatic rings. The smallest absolute Gasteiger partial charge is 0.248 e. The molecule has 1 N–H and O–H groups in total. The highest BCUT2D eigenvalue weighted by atomic mass is 32.1. The molecule has 0 unspecified atom stereocenters. The molecular formula is C15H22F2N2OS. The first kappa shape index (κ1) is 16.3. The largest absolute Gasteiger partial charge is 0.349 e. The van der Waals surface area contributed by atoms with Gasteiger partial charge in [0.15, 0.2) is 0 Å². The number of carbonyl (C=O) groups is 1. The van der Waals surface area contributed by atoms with Gasteiger partial charge in [0, 0.05) is 29.6 Å². The van der Waals surface area contributed by atoms with Crippen LogP contribution in [0.3, 0.4) is 0 Å². The van der Waals surface area contributed by atoms with Crippen LogP contribution < -0.4 is 5.32 Å². The molecule has 1 aliphatic carbocycles. The average molecular weight is 316 g/mol. The lowest BCUT2D eigenvalue weighted by Gasteiger charge is -2.27. The van der Waals surface area contributed by atoms with E-state index in [1.54, 1.807) is 0 Å². The van der Waals surface area contributed by atoms with Crippen LogP contribution in [0.2, 0.25) is 0 Å². The number of thiazole rings is 1. The van der Waals surface area contributed by atoms with Crippen molar-refractivity contribution in [1.82, 2.24) is 10.3 Å². The first-order chi connectivity index (χ1) is 9.67. The standard InChI is InChI=1S/C15H22F2N2OS/c1-14(2,3)11-9-21-12(19-11)8-18-13(20)10-4-6-15(16,17)7-5-10/h9-10H,4-8H2,1-3H3,(H,18,20). The third-order valence-electron chi connectivity index (χ3n) is 3.82. The number of hydrogen-bond acceptors (Lipinski definition) is 3. The van der Waals surface area contributed by atoms with E-state index in [9.17, 15) is 13.6 Å². The highest BCUT2D eigenvalue weighted by molar-refractivity contribution is 7.09. The van der Waals surface area contributed by atoms with Crippen molar-refractivity contribution in [3.8, 4) is 0 Å². The van der Waals surface area contributed by atoms with Crippen molar-refractivity contribution in [2.45, 2.75) is 64.3 Å². The van der Waals surface area contributed by atoms with Crippen molar-refractivity contribution in [3.05, 3.63) is 16.1 Å². The number of amides is 1. The Morgan fingerprint density at radius 1 is 1.43 bits per heavy atom. The fraction of sp³-hybridized carbons (Fsp3) is 0.733. The summed E-state index contributed by atoms with van der Waals surface area (Å²) in [6.45, 7) is 6.65. The zero-order valence-electron chi connectivity index (χ0n) is 12.7. The highest BCUT2D eigenvalue weighted by Crippen LogP contribution is 2.36. The van der Waals surface area contributed by atoms with Gasteiger partial charge in [0.05, 0.1) is 12.2 Å². The molecule has 1 heterocycles. The Balaban J connectivity index is 1.83. The third kappa shape index (κ3) is 4.46. The van der Waals surface area contributed by atoms with Crippen molar-refractivity contribution < 1.29 is 13.6 Å². The SMILES string of the molecule is CC(C)(C)c1csc(CNC(=O)C2CCC(F)(F)CC2)n1. The summed E-state index contributed by atoms with van der Waals surface area (Å²) >= 11 is 1.52. The molecule has 0 spiro atoms. The topological polar surface area (TPSA) is 42.0 Å². The number of alkyl halides is 2. The number of nitrogens with zero attached hydrogens (tertiary/aromatic N) is 1. The number of nitrogens with one attached hydrogen (secondary N) is 1. The summed E-state index contributed by atoms with van der Waals surface area (Å²) in [6.07, 6.45) is 0.168. The van der Waals surface area contributed by atoms with Gasteiger partial charge in [-0.15, -0.1) is 11.3 Å². The summed E-state index contributed by atoms with van der Waals surface area (Å²) < 4.78 is 26.1. The first-order valence-corrected chi connectivity index (χ1v) is 8.16. The van der Waals surface area contributed by atoms with E-state index in [4.69, 9.17) is 0 Å². The van der Waals surface area contributed by atoms with Crippen LogP contribution in [0.15, 0.2) is 5.38 Å². The molecule has 2 rings (SSSR count). The molecule has 0 aliphatic heterocycles. The predicted molar refractivity (Wildman–Crippen MR) is 79.6 cm³/mol. The Hall–Kier alpha value is -1.04. The van der Waals surface area contributed by atoms with Crippen molar-refractivity contribution >= 4 is 17.2 Å². The van der Waals surface area contributed by atoms with E-state index in [-0.39, 0.29) is 42.9 Å². The fourth-order valence-electron chi connectivity index (χ4n) is 2.35. The second-order valence-electron chi connectivity index (χ2n) is 6.72. The van der Waals surface area contributed by atoms with E-state index < -0.39 is 5.92 Å². The first-order valence-electron chi connectivity index (χ1n) is 7.28. The number of aromatic nitrogens is 1.